The van der Waals surface area contributed by atoms with Crippen LogP contribution in [0, 0.1) is 22.7 Å². The molecule has 0 aliphatic heterocycles. The Bertz CT molecular complexity index is 1430. The first-order valence-electron chi connectivity index (χ1n) is 16.2. The molecule has 6 heteroatoms. The van der Waals surface area contributed by atoms with Crippen LogP contribution < -0.4 is 16.4 Å². The lowest BCUT2D eigenvalue weighted by atomic mass is 9.49. The largest absolute Gasteiger partial charge is 0.399 e. The Kier molecular flexibility index (Phi) is 7.26. The molecule has 6 nitrogen and oxygen atoms in total. The smallest absolute Gasteiger partial charge is 0.232 e. The molecule has 0 bridgehead atoms. The molecule has 224 valence electrons. The van der Waals surface area contributed by atoms with Gasteiger partial charge in [0.05, 0.1) is 10.8 Å². The second-order valence-electron chi connectivity index (χ2n) is 14.4. The third kappa shape index (κ3) is 4.57. The summed E-state index contributed by atoms with van der Waals surface area (Å²) < 4.78 is 0. The van der Waals surface area contributed by atoms with Crippen molar-refractivity contribution in [3.8, 4) is 0 Å². The first-order valence-corrected chi connectivity index (χ1v) is 16.2. The minimum Gasteiger partial charge on any atom is -0.399 e. The topological polar surface area (TPSA) is 101 Å². The van der Waals surface area contributed by atoms with Crippen molar-refractivity contribution >= 4 is 29.1 Å². The van der Waals surface area contributed by atoms with Crippen LogP contribution in [0.2, 0.25) is 0 Å². The quantitative estimate of drug-likeness (QED) is 0.278. The van der Waals surface area contributed by atoms with E-state index in [9.17, 15) is 14.4 Å². The predicted molar refractivity (Wildman–Crippen MR) is 167 cm³/mol. The maximum atomic E-state index is 14.3. The maximum absolute atomic E-state index is 14.3. The van der Waals surface area contributed by atoms with Crippen molar-refractivity contribution in [3.63, 3.8) is 0 Å². The second-order valence-corrected chi connectivity index (χ2v) is 14.4. The first-order chi connectivity index (χ1) is 20.0. The predicted octanol–water partition coefficient (Wildman–Crippen LogP) is 6.81. The number of hydrogen-bond acceptors (Lipinski definition) is 4. The lowest BCUT2D eigenvalue weighted by Crippen LogP contribution is -2.58. The van der Waals surface area contributed by atoms with E-state index in [1.807, 2.05) is 19.1 Å². The molecule has 4 aliphatic rings. The number of carbonyl (C=O) groups is 3. The standard InChI is InChI=1S/C36H47N3O3/c1-5-31(40)38-25-14-10-23-12-16-30-34(2,29(23)21-25)18-7-19-36(30,4)33(42)39-32(41)35(3)17-6-8-26-27-20-24(37)13-9-22(27)11-15-28(26)35/h9-10,13-14,20-21,26,28,30H,5-8,11-12,15-19,37H2,1-4H3,(H,38,40)(H,39,41,42)/t26?,28?,30?,34?,35?,36-/m0/s1. The molecule has 4 N–H and O–H groups in total. The summed E-state index contributed by atoms with van der Waals surface area (Å²) in [5.74, 6) is 0.434. The third-order valence-corrected chi connectivity index (χ3v) is 12.0. The van der Waals surface area contributed by atoms with Gasteiger partial charge in [0.2, 0.25) is 17.7 Å². The van der Waals surface area contributed by atoms with Crippen molar-refractivity contribution in [2.45, 2.75) is 110 Å². The maximum Gasteiger partial charge on any atom is 0.232 e. The number of nitrogen functional groups attached to an aromatic ring is 1. The minimum atomic E-state index is -0.638. The molecule has 6 atom stereocenters. The Morgan fingerprint density at radius 1 is 0.857 bits per heavy atom. The van der Waals surface area contributed by atoms with Crippen LogP contribution in [0.5, 0.6) is 0 Å². The molecular weight excluding hydrogens is 522 g/mol. The van der Waals surface area contributed by atoms with Gasteiger partial charge in [-0.25, -0.2) is 0 Å². The Balaban J connectivity index is 1.25. The van der Waals surface area contributed by atoms with Gasteiger partial charge in [-0.15, -0.1) is 0 Å². The molecule has 2 aromatic rings. The molecule has 5 unspecified atom stereocenters. The van der Waals surface area contributed by atoms with E-state index in [1.165, 1.54) is 22.3 Å². The Labute approximate surface area is 250 Å². The monoisotopic (exact) mass is 569 g/mol. The van der Waals surface area contributed by atoms with E-state index in [4.69, 9.17) is 5.73 Å². The van der Waals surface area contributed by atoms with Crippen molar-refractivity contribution in [1.29, 1.82) is 0 Å². The lowest BCUT2D eigenvalue weighted by Gasteiger charge is -2.55. The fourth-order valence-corrected chi connectivity index (χ4v) is 9.64. The number of nitrogens with one attached hydrogen (secondary N) is 2. The number of carbonyl (C=O) groups excluding carboxylic acids is 3. The molecule has 6 rings (SSSR count). The molecule has 0 radical (unpaired) electrons. The van der Waals surface area contributed by atoms with Crippen LogP contribution in [0.3, 0.4) is 0 Å². The minimum absolute atomic E-state index is 0.00204. The highest BCUT2D eigenvalue weighted by Crippen LogP contribution is 2.58. The third-order valence-electron chi connectivity index (χ3n) is 12.0. The fraction of sp³-hybridized carbons (Fsp3) is 0.583. The van der Waals surface area contributed by atoms with Crippen LogP contribution in [0.15, 0.2) is 36.4 Å². The highest BCUT2D eigenvalue weighted by molar-refractivity contribution is 6.01. The van der Waals surface area contributed by atoms with Crippen molar-refractivity contribution in [2.24, 2.45) is 22.7 Å². The van der Waals surface area contributed by atoms with E-state index in [-0.39, 0.29) is 35.0 Å². The van der Waals surface area contributed by atoms with Crippen LogP contribution in [0.1, 0.15) is 114 Å². The van der Waals surface area contributed by atoms with E-state index in [0.29, 0.717) is 12.3 Å². The summed E-state index contributed by atoms with van der Waals surface area (Å²) in [6.45, 7) is 8.34. The van der Waals surface area contributed by atoms with Gasteiger partial charge in [0, 0.05) is 17.8 Å². The van der Waals surface area contributed by atoms with Crippen LogP contribution >= 0.6 is 0 Å². The molecule has 0 spiro atoms. The van der Waals surface area contributed by atoms with E-state index in [2.05, 4.69) is 55.7 Å². The number of anilines is 2. The van der Waals surface area contributed by atoms with E-state index >= 15 is 0 Å². The number of amides is 3. The number of nitrogens with two attached hydrogens (primary N) is 1. The molecule has 2 saturated carbocycles. The van der Waals surface area contributed by atoms with Gasteiger partial charge in [-0.3, -0.25) is 19.7 Å². The summed E-state index contributed by atoms with van der Waals surface area (Å²) in [7, 11) is 0. The normalized spacial score (nSPS) is 33.3. The summed E-state index contributed by atoms with van der Waals surface area (Å²) in [6, 6.07) is 12.5. The first kappa shape index (κ1) is 28.9. The number of aryl methyl sites for hydroxylation is 2. The zero-order chi connectivity index (χ0) is 29.9. The van der Waals surface area contributed by atoms with Crippen molar-refractivity contribution in [3.05, 3.63) is 58.7 Å². The van der Waals surface area contributed by atoms with Gasteiger partial charge < -0.3 is 11.1 Å². The molecule has 4 aliphatic carbocycles. The van der Waals surface area contributed by atoms with Crippen LogP contribution in [0.25, 0.3) is 0 Å². The number of hydrogen-bond donors (Lipinski definition) is 3. The molecule has 3 amide bonds. The molecule has 2 aromatic carbocycles. The van der Waals surface area contributed by atoms with Gasteiger partial charge in [0.25, 0.3) is 0 Å². The number of imide groups is 1. The number of rotatable bonds is 4. The highest BCUT2D eigenvalue weighted by Gasteiger charge is 2.56. The molecule has 2 fully saturated rings. The Morgan fingerprint density at radius 3 is 2.36 bits per heavy atom. The lowest BCUT2D eigenvalue weighted by molar-refractivity contribution is -0.149. The molecule has 0 heterocycles. The summed E-state index contributed by atoms with van der Waals surface area (Å²) in [4.78, 5) is 40.6. The average Bonchev–Trinajstić information content (AvgIpc) is 2.97. The molecule has 0 aromatic heterocycles. The molecule has 0 saturated heterocycles. The number of benzene rings is 2. The van der Waals surface area contributed by atoms with E-state index in [0.717, 1.165) is 75.6 Å². The summed E-state index contributed by atoms with van der Waals surface area (Å²) >= 11 is 0. The van der Waals surface area contributed by atoms with Crippen LogP contribution in [0.4, 0.5) is 11.4 Å². The van der Waals surface area contributed by atoms with Gasteiger partial charge in [0.15, 0.2) is 0 Å². The van der Waals surface area contributed by atoms with Gasteiger partial charge >= 0.3 is 0 Å². The van der Waals surface area contributed by atoms with Crippen molar-refractivity contribution < 1.29 is 14.4 Å². The number of fused-ring (bicyclic) bond motifs is 6. The summed E-state index contributed by atoms with van der Waals surface area (Å²) in [6.07, 6.45) is 9.72. The summed E-state index contributed by atoms with van der Waals surface area (Å²) in [5, 5.41) is 6.06. The molecular formula is C36H47N3O3. The zero-order valence-electron chi connectivity index (χ0n) is 25.8. The Morgan fingerprint density at radius 2 is 1.57 bits per heavy atom. The van der Waals surface area contributed by atoms with E-state index < -0.39 is 10.8 Å². The van der Waals surface area contributed by atoms with Gasteiger partial charge in [-0.1, -0.05) is 52.7 Å². The van der Waals surface area contributed by atoms with E-state index in [1.54, 1.807) is 0 Å². The molecule has 42 heavy (non-hydrogen) atoms. The summed E-state index contributed by atoms with van der Waals surface area (Å²) in [5.41, 5.74) is 11.6. The van der Waals surface area contributed by atoms with Gasteiger partial charge in [-0.05, 0) is 121 Å². The van der Waals surface area contributed by atoms with Gasteiger partial charge in [-0.2, -0.15) is 0 Å². The van der Waals surface area contributed by atoms with Crippen molar-refractivity contribution in [1.82, 2.24) is 5.32 Å². The highest BCUT2D eigenvalue weighted by atomic mass is 16.2. The van der Waals surface area contributed by atoms with Crippen LogP contribution in [-0.4, -0.2) is 17.7 Å². The zero-order valence-corrected chi connectivity index (χ0v) is 25.8. The van der Waals surface area contributed by atoms with Crippen molar-refractivity contribution in [2.75, 3.05) is 11.1 Å². The second kappa shape index (κ2) is 10.5. The van der Waals surface area contributed by atoms with Crippen LogP contribution in [-0.2, 0) is 32.6 Å². The Hall–Kier alpha value is -3.15. The SMILES string of the molecule is CCC(=O)Nc1ccc2c(c1)C1(C)CCC[C@](C)(C(=O)NC(=O)C3(C)CCCC4c5cc(N)ccc5CCC43)C1CC2. The average molecular weight is 570 g/mol. The fourth-order valence-electron chi connectivity index (χ4n) is 9.64. The van der Waals surface area contributed by atoms with Gasteiger partial charge in [0.1, 0.15) is 0 Å².